The minimum Gasteiger partial charge on any atom is -0.298 e. The van der Waals surface area contributed by atoms with Gasteiger partial charge in [0.15, 0.2) is 6.29 Å². The van der Waals surface area contributed by atoms with E-state index in [4.69, 9.17) is 0 Å². The molecule has 88 valence electrons. The van der Waals surface area contributed by atoms with Gasteiger partial charge in [-0.2, -0.15) is 5.10 Å². The molecule has 3 nitrogen and oxygen atoms in total. The fraction of sp³-hybridized carbons (Fsp3) is 0.167. The fourth-order valence-corrected chi connectivity index (χ4v) is 1.71. The highest BCUT2D eigenvalue weighted by Gasteiger charge is 2.15. The topological polar surface area (TPSA) is 34.9 Å². The number of rotatable bonds is 2. The van der Waals surface area contributed by atoms with Gasteiger partial charge in [-0.1, -0.05) is 0 Å². The standard InChI is InChI=1S/C12H10F2N2O/c1-7-10(6-17)8(2)16(15-7)12-5-9(13)3-4-11(12)14/h3-6H,1-2H3. The van der Waals surface area contributed by atoms with E-state index in [0.29, 0.717) is 23.2 Å². The number of halogens is 2. The Hall–Kier alpha value is -2.04. The van der Waals surface area contributed by atoms with Crippen LogP contribution in [0.15, 0.2) is 18.2 Å². The van der Waals surface area contributed by atoms with Crippen molar-refractivity contribution in [2.24, 2.45) is 0 Å². The van der Waals surface area contributed by atoms with Crippen LogP contribution >= 0.6 is 0 Å². The van der Waals surface area contributed by atoms with Gasteiger partial charge in [-0.05, 0) is 26.0 Å². The van der Waals surface area contributed by atoms with Crippen molar-refractivity contribution >= 4 is 6.29 Å². The first kappa shape index (κ1) is 11.4. The van der Waals surface area contributed by atoms with Gasteiger partial charge in [0.1, 0.15) is 17.3 Å². The Morgan fingerprint density at radius 2 is 2.00 bits per heavy atom. The molecule has 0 aliphatic carbocycles. The maximum atomic E-state index is 13.6. The van der Waals surface area contributed by atoms with E-state index in [-0.39, 0.29) is 5.69 Å². The van der Waals surface area contributed by atoms with Crippen molar-refractivity contribution in [1.82, 2.24) is 9.78 Å². The Bertz CT molecular complexity index is 590. The van der Waals surface area contributed by atoms with Gasteiger partial charge in [-0.15, -0.1) is 0 Å². The lowest BCUT2D eigenvalue weighted by atomic mass is 10.2. The van der Waals surface area contributed by atoms with Crippen LogP contribution in [0.2, 0.25) is 0 Å². The Balaban J connectivity index is 2.68. The SMILES string of the molecule is Cc1nn(-c2cc(F)ccc2F)c(C)c1C=O. The molecule has 0 atom stereocenters. The van der Waals surface area contributed by atoms with Gasteiger partial charge in [0, 0.05) is 6.07 Å². The lowest BCUT2D eigenvalue weighted by molar-refractivity contribution is 0.112. The Morgan fingerprint density at radius 1 is 1.29 bits per heavy atom. The third kappa shape index (κ3) is 1.84. The lowest BCUT2D eigenvalue weighted by Gasteiger charge is -2.05. The van der Waals surface area contributed by atoms with Gasteiger partial charge >= 0.3 is 0 Å². The lowest BCUT2D eigenvalue weighted by Crippen LogP contribution is -2.03. The average molecular weight is 236 g/mol. The molecule has 1 aromatic heterocycles. The zero-order chi connectivity index (χ0) is 12.6. The van der Waals surface area contributed by atoms with Crippen molar-refractivity contribution < 1.29 is 13.6 Å². The number of carbonyl (C=O) groups is 1. The summed E-state index contributed by atoms with van der Waals surface area (Å²) in [6.45, 7) is 3.28. The van der Waals surface area contributed by atoms with Crippen LogP contribution in [0.4, 0.5) is 8.78 Å². The zero-order valence-electron chi connectivity index (χ0n) is 9.37. The Kier molecular flexibility index (Phi) is 2.75. The van der Waals surface area contributed by atoms with Crippen LogP contribution in [-0.2, 0) is 0 Å². The summed E-state index contributed by atoms with van der Waals surface area (Å²) in [6.07, 6.45) is 0.658. The molecule has 0 spiro atoms. The fourth-order valence-electron chi connectivity index (χ4n) is 1.71. The molecule has 0 amide bonds. The summed E-state index contributed by atoms with van der Waals surface area (Å²) in [5.41, 5.74) is 1.37. The number of aryl methyl sites for hydroxylation is 1. The second-order valence-electron chi connectivity index (χ2n) is 3.71. The molecule has 1 heterocycles. The zero-order valence-corrected chi connectivity index (χ0v) is 9.37. The average Bonchev–Trinajstić information content (AvgIpc) is 2.57. The first-order valence-corrected chi connectivity index (χ1v) is 5.01. The second-order valence-corrected chi connectivity index (χ2v) is 3.71. The molecule has 0 radical (unpaired) electrons. The third-order valence-corrected chi connectivity index (χ3v) is 2.60. The van der Waals surface area contributed by atoms with Crippen LogP contribution < -0.4 is 0 Å². The van der Waals surface area contributed by atoms with Crippen molar-refractivity contribution in [3.63, 3.8) is 0 Å². The normalized spacial score (nSPS) is 10.6. The molecule has 0 aliphatic rings. The van der Waals surface area contributed by atoms with Crippen molar-refractivity contribution in [3.8, 4) is 5.69 Å². The summed E-state index contributed by atoms with van der Waals surface area (Å²) < 4.78 is 27.9. The summed E-state index contributed by atoms with van der Waals surface area (Å²) >= 11 is 0. The summed E-state index contributed by atoms with van der Waals surface area (Å²) in [5.74, 6) is -1.14. The largest absolute Gasteiger partial charge is 0.298 e. The van der Waals surface area contributed by atoms with E-state index < -0.39 is 11.6 Å². The molecule has 0 unspecified atom stereocenters. The van der Waals surface area contributed by atoms with Crippen molar-refractivity contribution in [2.45, 2.75) is 13.8 Å². The second kappa shape index (κ2) is 4.08. The first-order valence-electron chi connectivity index (χ1n) is 5.01. The van der Waals surface area contributed by atoms with E-state index >= 15 is 0 Å². The monoisotopic (exact) mass is 236 g/mol. The summed E-state index contributed by atoms with van der Waals surface area (Å²) in [7, 11) is 0. The molecule has 0 bridgehead atoms. The predicted molar refractivity (Wildman–Crippen MR) is 58.3 cm³/mol. The molecule has 0 saturated heterocycles. The highest BCUT2D eigenvalue weighted by molar-refractivity contribution is 5.78. The van der Waals surface area contributed by atoms with Crippen LogP contribution in [0, 0.1) is 25.5 Å². The number of aldehydes is 1. The maximum absolute atomic E-state index is 13.6. The van der Waals surface area contributed by atoms with Crippen LogP contribution in [0.1, 0.15) is 21.7 Å². The van der Waals surface area contributed by atoms with E-state index in [2.05, 4.69) is 5.10 Å². The van der Waals surface area contributed by atoms with E-state index in [1.807, 2.05) is 0 Å². The molecule has 0 aliphatic heterocycles. The van der Waals surface area contributed by atoms with Gasteiger partial charge < -0.3 is 0 Å². The van der Waals surface area contributed by atoms with Crippen molar-refractivity contribution in [2.75, 3.05) is 0 Å². The van der Waals surface area contributed by atoms with Gasteiger partial charge in [0.2, 0.25) is 0 Å². The first-order chi connectivity index (χ1) is 8.04. The van der Waals surface area contributed by atoms with Gasteiger partial charge in [0.05, 0.1) is 17.0 Å². The molecular weight excluding hydrogens is 226 g/mol. The molecule has 0 N–H and O–H groups in total. The van der Waals surface area contributed by atoms with E-state index in [1.165, 1.54) is 4.68 Å². The summed E-state index contributed by atoms with van der Waals surface area (Å²) in [5, 5.41) is 4.03. The molecule has 5 heteroatoms. The van der Waals surface area contributed by atoms with Crippen LogP contribution in [-0.4, -0.2) is 16.1 Å². The number of hydrogen-bond donors (Lipinski definition) is 0. The summed E-state index contributed by atoms with van der Waals surface area (Å²) in [6, 6.07) is 3.11. The molecule has 17 heavy (non-hydrogen) atoms. The molecule has 2 aromatic rings. The predicted octanol–water partition coefficient (Wildman–Crippen LogP) is 2.58. The Morgan fingerprint density at radius 3 is 2.59 bits per heavy atom. The smallest absolute Gasteiger partial charge is 0.153 e. The highest BCUT2D eigenvalue weighted by Crippen LogP contribution is 2.19. The molecule has 0 saturated carbocycles. The van der Waals surface area contributed by atoms with E-state index in [9.17, 15) is 13.6 Å². The highest BCUT2D eigenvalue weighted by atomic mass is 19.1. The Labute approximate surface area is 96.7 Å². The molecule has 1 aromatic carbocycles. The number of carbonyl (C=O) groups excluding carboxylic acids is 1. The van der Waals surface area contributed by atoms with Crippen molar-refractivity contribution in [3.05, 3.63) is 46.8 Å². The maximum Gasteiger partial charge on any atom is 0.153 e. The number of nitrogens with zero attached hydrogens (tertiary/aromatic N) is 2. The van der Waals surface area contributed by atoms with Crippen LogP contribution in [0.25, 0.3) is 5.69 Å². The molecular formula is C12H10F2N2O. The quantitative estimate of drug-likeness (QED) is 0.751. The van der Waals surface area contributed by atoms with Crippen LogP contribution in [0.3, 0.4) is 0 Å². The number of aromatic nitrogens is 2. The van der Waals surface area contributed by atoms with Crippen LogP contribution in [0.5, 0.6) is 0 Å². The van der Waals surface area contributed by atoms with Crippen molar-refractivity contribution in [1.29, 1.82) is 0 Å². The number of benzene rings is 1. The minimum atomic E-state index is -0.588. The molecule has 2 rings (SSSR count). The van der Waals surface area contributed by atoms with E-state index in [1.54, 1.807) is 13.8 Å². The van der Waals surface area contributed by atoms with Gasteiger partial charge in [0.25, 0.3) is 0 Å². The summed E-state index contributed by atoms with van der Waals surface area (Å²) in [4.78, 5) is 10.8. The van der Waals surface area contributed by atoms with E-state index in [0.717, 1.165) is 18.2 Å². The molecule has 0 fully saturated rings. The number of hydrogen-bond acceptors (Lipinski definition) is 2. The van der Waals surface area contributed by atoms with Gasteiger partial charge in [-0.3, -0.25) is 4.79 Å². The minimum absolute atomic E-state index is 0.00120. The van der Waals surface area contributed by atoms with Gasteiger partial charge in [-0.25, -0.2) is 13.5 Å². The third-order valence-electron chi connectivity index (χ3n) is 2.60.